The maximum Gasteiger partial charge on any atom is 0.0843 e. The zero-order valence-electron chi connectivity index (χ0n) is 10.3. The van der Waals surface area contributed by atoms with Gasteiger partial charge in [-0.2, -0.15) is 11.8 Å². The summed E-state index contributed by atoms with van der Waals surface area (Å²) in [4.78, 5) is 0. The molecular weight excluding hydrogens is 234 g/mol. The van der Waals surface area contributed by atoms with Crippen LogP contribution in [0.25, 0.3) is 0 Å². The summed E-state index contributed by atoms with van der Waals surface area (Å²) in [6.45, 7) is 0. The van der Waals surface area contributed by atoms with Crippen LogP contribution in [0.15, 0.2) is 6.20 Å². The normalized spacial score (nSPS) is 19.4. The van der Waals surface area contributed by atoms with E-state index in [0.717, 1.165) is 24.5 Å². The molecule has 0 spiro atoms. The standard InChI is InChI=1S/C11H21N5S/c1-16-8-11(14-15-16)7-10(13-12)6-9-2-4-17-5-3-9/h8-10,13H,2-7,12H2,1H3. The summed E-state index contributed by atoms with van der Waals surface area (Å²) in [5.41, 5.74) is 3.94. The van der Waals surface area contributed by atoms with E-state index in [2.05, 4.69) is 27.5 Å². The third kappa shape index (κ3) is 3.97. The Morgan fingerprint density at radius 1 is 1.59 bits per heavy atom. The van der Waals surface area contributed by atoms with Gasteiger partial charge in [0.2, 0.25) is 0 Å². The van der Waals surface area contributed by atoms with Gasteiger partial charge in [-0.25, -0.2) is 0 Å². The molecule has 2 heterocycles. The first-order valence-corrected chi connectivity index (χ1v) is 7.32. The van der Waals surface area contributed by atoms with Crippen molar-refractivity contribution in [1.29, 1.82) is 0 Å². The van der Waals surface area contributed by atoms with Crippen LogP contribution in [0.5, 0.6) is 0 Å². The van der Waals surface area contributed by atoms with Crippen molar-refractivity contribution in [3.05, 3.63) is 11.9 Å². The third-order valence-electron chi connectivity index (χ3n) is 3.30. The molecule has 1 saturated heterocycles. The molecule has 1 aromatic heterocycles. The van der Waals surface area contributed by atoms with Crippen molar-refractivity contribution in [2.24, 2.45) is 18.8 Å². The molecule has 2 rings (SSSR count). The smallest absolute Gasteiger partial charge is 0.0843 e. The Morgan fingerprint density at radius 2 is 2.35 bits per heavy atom. The Hall–Kier alpha value is -0.590. The quantitative estimate of drug-likeness (QED) is 0.599. The van der Waals surface area contributed by atoms with E-state index in [1.807, 2.05) is 13.2 Å². The zero-order chi connectivity index (χ0) is 12.1. The molecule has 6 heteroatoms. The van der Waals surface area contributed by atoms with Crippen molar-refractivity contribution in [2.45, 2.75) is 31.7 Å². The Kier molecular flexibility index (Phi) is 4.82. The number of nitrogens with two attached hydrogens (primary N) is 1. The van der Waals surface area contributed by atoms with Crippen molar-refractivity contribution < 1.29 is 0 Å². The largest absolute Gasteiger partial charge is 0.271 e. The monoisotopic (exact) mass is 255 g/mol. The van der Waals surface area contributed by atoms with Crippen molar-refractivity contribution in [2.75, 3.05) is 11.5 Å². The molecule has 0 aromatic carbocycles. The van der Waals surface area contributed by atoms with E-state index < -0.39 is 0 Å². The number of nitrogens with zero attached hydrogens (tertiary/aromatic N) is 3. The van der Waals surface area contributed by atoms with E-state index in [-0.39, 0.29) is 0 Å². The molecule has 0 radical (unpaired) electrons. The lowest BCUT2D eigenvalue weighted by atomic mass is 9.92. The fourth-order valence-corrected chi connectivity index (χ4v) is 3.54. The van der Waals surface area contributed by atoms with Gasteiger partial charge in [0.1, 0.15) is 0 Å². The molecule has 1 fully saturated rings. The van der Waals surface area contributed by atoms with Crippen LogP contribution in [0.2, 0.25) is 0 Å². The predicted molar refractivity (Wildman–Crippen MR) is 70.5 cm³/mol. The minimum atomic E-state index is 0.319. The Balaban J connectivity index is 1.83. The Bertz CT molecular complexity index is 334. The minimum Gasteiger partial charge on any atom is -0.271 e. The second-order valence-corrected chi connectivity index (χ2v) is 5.97. The molecule has 0 aliphatic carbocycles. The van der Waals surface area contributed by atoms with Gasteiger partial charge in [0, 0.05) is 25.7 Å². The maximum absolute atomic E-state index is 5.63. The molecule has 5 nitrogen and oxygen atoms in total. The SMILES string of the molecule is Cn1cc(CC(CC2CCSCC2)NN)nn1. The van der Waals surface area contributed by atoms with Crippen LogP contribution in [0.1, 0.15) is 25.0 Å². The molecule has 1 unspecified atom stereocenters. The average molecular weight is 255 g/mol. The van der Waals surface area contributed by atoms with Crippen molar-refractivity contribution >= 4 is 11.8 Å². The molecule has 1 aliphatic rings. The van der Waals surface area contributed by atoms with E-state index in [4.69, 9.17) is 5.84 Å². The number of aryl methyl sites for hydroxylation is 1. The van der Waals surface area contributed by atoms with Crippen LogP contribution < -0.4 is 11.3 Å². The number of hydrazine groups is 1. The topological polar surface area (TPSA) is 68.8 Å². The molecule has 3 N–H and O–H groups in total. The highest BCUT2D eigenvalue weighted by Gasteiger charge is 2.19. The fraction of sp³-hybridized carbons (Fsp3) is 0.818. The van der Waals surface area contributed by atoms with Gasteiger partial charge in [0.15, 0.2) is 0 Å². The highest BCUT2D eigenvalue weighted by Crippen LogP contribution is 2.26. The minimum absolute atomic E-state index is 0.319. The van der Waals surface area contributed by atoms with Gasteiger partial charge in [0.05, 0.1) is 5.69 Å². The van der Waals surface area contributed by atoms with Crippen LogP contribution in [0.3, 0.4) is 0 Å². The van der Waals surface area contributed by atoms with Crippen LogP contribution in [0.4, 0.5) is 0 Å². The first-order chi connectivity index (χ1) is 8.28. The lowest BCUT2D eigenvalue weighted by molar-refractivity contribution is 0.364. The fourth-order valence-electron chi connectivity index (χ4n) is 2.34. The lowest BCUT2D eigenvalue weighted by Crippen LogP contribution is -2.38. The summed E-state index contributed by atoms with van der Waals surface area (Å²) < 4.78 is 1.74. The van der Waals surface area contributed by atoms with Crippen LogP contribution in [-0.2, 0) is 13.5 Å². The predicted octanol–water partition coefficient (Wildman–Crippen LogP) is 0.723. The zero-order valence-corrected chi connectivity index (χ0v) is 11.1. The first-order valence-electron chi connectivity index (χ1n) is 6.17. The van der Waals surface area contributed by atoms with E-state index in [0.29, 0.717) is 6.04 Å². The van der Waals surface area contributed by atoms with Crippen LogP contribution in [-0.4, -0.2) is 32.5 Å². The van der Waals surface area contributed by atoms with Gasteiger partial charge in [-0.1, -0.05) is 5.21 Å². The van der Waals surface area contributed by atoms with Crippen molar-refractivity contribution in [3.8, 4) is 0 Å². The molecule has 0 saturated carbocycles. The summed E-state index contributed by atoms with van der Waals surface area (Å²) in [5, 5.41) is 8.06. The summed E-state index contributed by atoms with van der Waals surface area (Å²) >= 11 is 2.06. The second-order valence-electron chi connectivity index (χ2n) is 4.74. The summed E-state index contributed by atoms with van der Waals surface area (Å²) in [6, 6.07) is 0.319. The van der Waals surface area contributed by atoms with Gasteiger partial charge in [-0.15, -0.1) is 5.10 Å². The molecule has 1 aliphatic heterocycles. The molecule has 17 heavy (non-hydrogen) atoms. The highest BCUT2D eigenvalue weighted by molar-refractivity contribution is 7.99. The van der Waals surface area contributed by atoms with E-state index in [1.165, 1.54) is 24.3 Å². The number of hydrogen-bond acceptors (Lipinski definition) is 5. The summed E-state index contributed by atoms with van der Waals surface area (Å²) in [5.74, 6) is 9.05. The molecule has 96 valence electrons. The number of thioether (sulfide) groups is 1. The molecule has 0 bridgehead atoms. The Labute approximate surface area is 106 Å². The second kappa shape index (κ2) is 6.37. The molecular formula is C11H21N5S. The van der Waals surface area contributed by atoms with Crippen molar-refractivity contribution in [3.63, 3.8) is 0 Å². The molecule has 1 aromatic rings. The number of nitrogens with one attached hydrogen (secondary N) is 1. The lowest BCUT2D eigenvalue weighted by Gasteiger charge is -2.25. The molecule has 0 amide bonds. The van der Waals surface area contributed by atoms with Gasteiger partial charge in [-0.3, -0.25) is 16.0 Å². The van der Waals surface area contributed by atoms with Crippen molar-refractivity contribution in [1.82, 2.24) is 20.4 Å². The Morgan fingerprint density at radius 3 is 2.94 bits per heavy atom. The van der Waals surface area contributed by atoms with Gasteiger partial charge in [0.25, 0.3) is 0 Å². The van der Waals surface area contributed by atoms with Gasteiger partial charge in [-0.05, 0) is 36.7 Å². The maximum atomic E-state index is 5.63. The van der Waals surface area contributed by atoms with E-state index in [9.17, 15) is 0 Å². The van der Waals surface area contributed by atoms with E-state index >= 15 is 0 Å². The van der Waals surface area contributed by atoms with Gasteiger partial charge >= 0.3 is 0 Å². The first kappa shape index (κ1) is 12.9. The highest BCUT2D eigenvalue weighted by atomic mass is 32.2. The number of hydrogen-bond donors (Lipinski definition) is 2. The number of aromatic nitrogens is 3. The number of rotatable bonds is 5. The average Bonchev–Trinajstić information content (AvgIpc) is 2.75. The summed E-state index contributed by atoms with van der Waals surface area (Å²) in [6.07, 6.45) is 6.62. The van der Waals surface area contributed by atoms with Crippen LogP contribution >= 0.6 is 11.8 Å². The molecule has 1 atom stereocenters. The van der Waals surface area contributed by atoms with Crippen LogP contribution in [0, 0.1) is 5.92 Å². The van der Waals surface area contributed by atoms with Gasteiger partial charge < -0.3 is 0 Å². The third-order valence-corrected chi connectivity index (χ3v) is 4.35. The summed E-state index contributed by atoms with van der Waals surface area (Å²) in [7, 11) is 1.89. The van der Waals surface area contributed by atoms with E-state index in [1.54, 1.807) is 4.68 Å².